The summed E-state index contributed by atoms with van der Waals surface area (Å²) in [6.45, 7) is 0.0769. The number of rotatable bonds is 24. The summed E-state index contributed by atoms with van der Waals surface area (Å²) in [5.41, 5.74) is 0. The summed E-state index contributed by atoms with van der Waals surface area (Å²) in [5, 5.41) is 27.4. The SMILES string of the molecule is CCCCCCCC/C=C/CCCCCCCC(=O)OCC(O)COP(=O)(O)OC[C@@H](O)CO. The monoisotopic (exact) mass is 510 g/mol. The van der Waals surface area contributed by atoms with Crippen LogP contribution in [0.3, 0.4) is 0 Å². The van der Waals surface area contributed by atoms with Gasteiger partial charge in [0.25, 0.3) is 0 Å². The van der Waals surface area contributed by atoms with E-state index < -0.39 is 45.8 Å². The highest BCUT2D eigenvalue weighted by atomic mass is 31.2. The maximum absolute atomic E-state index is 11.7. The summed E-state index contributed by atoms with van der Waals surface area (Å²) in [4.78, 5) is 21.1. The minimum Gasteiger partial charge on any atom is -0.463 e. The lowest BCUT2D eigenvalue weighted by Gasteiger charge is -2.16. The summed E-state index contributed by atoms with van der Waals surface area (Å²) in [6.07, 6.45) is 17.5. The number of allylic oxidation sites excluding steroid dienone is 2. The average molecular weight is 511 g/mol. The lowest BCUT2D eigenvalue weighted by atomic mass is 10.1. The standard InChI is InChI=1S/C24H47O9P/c1-2-3-4-5-6-7-8-9-10-11-12-13-14-15-16-17-24(28)31-19-23(27)21-33-34(29,30)32-20-22(26)18-25/h9-10,22-23,25-27H,2-8,11-21H2,1H3,(H,29,30)/b10-9+/t22-,23?/m0/s1. The molecule has 0 aliphatic rings. The Bertz CT molecular complexity index is 557. The van der Waals surface area contributed by atoms with Crippen molar-refractivity contribution in [1.82, 2.24) is 0 Å². The molecule has 0 aromatic carbocycles. The van der Waals surface area contributed by atoms with Gasteiger partial charge in [-0.2, -0.15) is 0 Å². The number of phosphoric ester groups is 1. The first-order valence-electron chi connectivity index (χ1n) is 12.7. The van der Waals surface area contributed by atoms with Crippen molar-refractivity contribution in [3.05, 3.63) is 12.2 Å². The fraction of sp³-hybridized carbons (Fsp3) is 0.875. The van der Waals surface area contributed by atoms with Gasteiger partial charge in [0.05, 0.1) is 19.8 Å². The molecule has 4 N–H and O–H groups in total. The molecule has 0 amide bonds. The second-order valence-corrected chi connectivity index (χ2v) is 10.0. The van der Waals surface area contributed by atoms with E-state index in [1.807, 2.05) is 0 Å². The number of hydrogen-bond donors (Lipinski definition) is 4. The zero-order chi connectivity index (χ0) is 25.5. The molecule has 0 rings (SSSR count). The number of aliphatic hydroxyl groups is 3. The number of ether oxygens (including phenoxy) is 1. The molecule has 0 radical (unpaired) electrons. The second-order valence-electron chi connectivity index (χ2n) is 8.57. The van der Waals surface area contributed by atoms with Crippen molar-refractivity contribution in [1.29, 1.82) is 0 Å². The second kappa shape index (κ2) is 22.7. The molecule has 0 aliphatic carbocycles. The van der Waals surface area contributed by atoms with Crippen molar-refractivity contribution in [2.45, 2.75) is 109 Å². The van der Waals surface area contributed by atoms with Crippen LogP contribution in [0.15, 0.2) is 12.2 Å². The van der Waals surface area contributed by atoms with E-state index in [0.29, 0.717) is 6.42 Å². The van der Waals surface area contributed by atoms with Crippen LogP contribution in [0, 0.1) is 0 Å². The maximum Gasteiger partial charge on any atom is 0.472 e. The minimum atomic E-state index is -4.48. The first-order chi connectivity index (χ1) is 16.3. The number of aliphatic hydroxyl groups excluding tert-OH is 3. The molecule has 34 heavy (non-hydrogen) atoms. The van der Waals surface area contributed by atoms with E-state index >= 15 is 0 Å². The summed E-state index contributed by atoms with van der Waals surface area (Å²) in [6, 6.07) is 0. The zero-order valence-corrected chi connectivity index (χ0v) is 21.7. The average Bonchev–Trinajstić information content (AvgIpc) is 2.82. The Labute approximate surface area is 205 Å². The molecule has 0 heterocycles. The summed E-state index contributed by atoms with van der Waals surface area (Å²) < 4.78 is 25.5. The van der Waals surface area contributed by atoms with E-state index in [0.717, 1.165) is 32.1 Å². The normalized spacial score (nSPS) is 15.3. The summed E-state index contributed by atoms with van der Waals surface area (Å²) in [7, 11) is -4.48. The third-order valence-electron chi connectivity index (χ3n) is 5.15. The molecule has 9 nitrogen and oxygen atoms in total. The third-order valence-corrected chi connectivity index (χ3v) is 6.10. The number of carbonyl (C=O) groups excluding carboxylic acids is 1. The highest BCUT2D eigenvalue weighted by Gasteiger charge is 2.24. The molecule has 202 valence electrons. The molecule has 3 atom stereocenters. The van der Waals surface area contributed by atoms with Crippen molar-refractivity contribution in [3.8, 4) is 0 Å². The molecular formula is C24H47O9P. The summed E-state index contributed by atoms with van der Waals surface area (Å²) in [5.74, 6) is -0.439. The topological polar surface area (TPSA) is 143 Å². The van der Waals surface area contributed by atoms with Crippen LogP contribution in [-0.2, 0) is 23.1 Å². The van der Waals surface area contributed by atoms with E-state index in [1.165, 1.54) is 44.9 Å². The van der Waals surface area contributed by atoms with Crippen LogP contribution in [0.25, 0.3) is 0 Å². The van der Waals surface area contributed by atoms with Gasteiger partial charge < -0.3 is 24.9 Å². The van der Waals surface area contributed by atoms with Crippen LogP contribution in [0.2, 0.25) is 0 Å². The van der Waals surface area contributed by atoms with Crippen molar-refractivity contribution < 1.29 is 43.4 Å². The fourth-order valence-corrected chi connectivity index (χ4v) is 3.90. The van der Waals surface area contributed by atoms with Gasteiger partial charge in [-0.15, -0.1) is 0 Å². The number of unbranched alkanes of at least 4 members (excludes halogenated alkanes) is 11. The van der Waals surface area contributed by atoms with Crippen LogP contribution < -0.4 is 0 Å². The summed E-state index contributed by atoms with van der Waals surface area (Å²) >= 11 is 0. The largest absolute Gasteiger partial charge is 0.472 e. The van der Waals surface area contributed by atoms with Crippen LogP contribution in [0.4, 0.5) is 0 Å². The van der Waals surface area contributed by atoms with Crippen molar-refractivity contribution >= 4 is 13.8 Å². The Morgan fingerprint density at radius 3 is 1.85 bits per heavy atom. The number of hydrogen-bond acceptors (Lipinski definition) is 8. The van der Waals surface area contributed by atoms with E-state index in [9.17, 15) is 19.4 Å². The van der Waals surface area contributed by atoms with E-state index in [4.69, 9.17) is 14.9 Å². The molecule has 0 bridgehead atoms. The molecule has 10 heteroatoms. The molecule has 0 saturated carbocycles. The van der Waals surface area contributed by atoms with Crippen LogP contribution in [0.5, 0.6) is 0 Å². The Morgan fingerprint density at radius 1 is 0.794 bits per heavy atom. The first kappa shape index (κ1) is 33.2. The zero-order valence-electron chi connectivity index (χ0n) is 20.8. The van der Waals surface area contributed by atoms with Crippen LogP contribution in [-0.4, -0.2) is 64.8 Å². The van der Waals surface area contributed by atoms with E-state index in [-0.39, 0.29) is 13.0 Å². The molecule has 0 saturated heterocycles. The fourth-order valence-electron chi connectivity index (χ4n) is 3.10. The molecule has 2 unspecified atom stereocenters. The predicted molar refractivity (Wildman–Crippen MR) is 131 cm³/mol. The Kier molecular flexibility index (Phi) is 22.1. The van der Waals surface area contributed by atoms with Gasteiger partial charge in [-0.05, 0) is 32.1 Å². The van der Waals surface area contributed by atoms with Gasteiger partial charge in [-0.3, -0.25) is 13.8 Å². The van der Waals surface area contributed by atoms with Crippen molar-refractivity contribution in [2.24, 2.45) is 0 Å². The van der Waals surface area contributed by atoms with E-state index in [1.54, 1.807) is 0 Å². The van der Waals surface area contributed by atoms with Gasteiger partial charge in [-0.25, -0.2) is 4.57 Å². The van der Waals surface area contributed by atoms with Crippen molar-refractivity contribution in [3.63, 3.8) is 0 Å². The Hall–Kier alpha value is -0.800. The third kappa shape index (κ3) is 23.0. The number of phosphoric acid groups is 1. The van der Waals surface area contributed by atoms with E-state index in [2.05, 4.69) is 28.1 Å². The molecule has 0 fully saturated rings. The molecule has 0 aromatic rings. The maximum atomic E-state index is 11.7. The van der Waals surface area contributed by atoms with Gasteiger partial charge in [-0.1, -0.05) is 70.4 Å². The van der Waals surface area contributed by atoms with Gasteiger partial charge in [0.1, 0.15) is 18.8 Å². The lowest BCUT2D eigenvalue weighted by Crippen LogP contribution is -2.24. The highest BCUT2D eigenvalue weighted by Crippen LogP contribution is 2.43. The molecule has 0 aliphatic heterocycles. The van der Waals surface area contributed by atoms with Gasteiger partial charge >= 0.3 is 13.8 Å². The Balaban J connectivity index is 3.56. The number of carbonyl (C=O) groups is 1. The minimum absolute atomic E-state index is 0.256. The Morgan fingerprint density at radius 2 is 1.29 bits per heavy atom. The van der Waals surface area contributed by atoms with Crippen LogP contribution >= 0.6 is 7.82 Å². The van der Waals surface area contributed by atoms with Gasteiger partial charge in [0, 0.05) is 6.42 Å². The van der Waals surface area contributed by atoms with Crippen LogP contribution in [0.1, 0.15) is 96.8 Å². The smallest absolute Gasteiger partial charge is 0.463 e. The molecular weight excluding hydrogens is 463 g/mol. The van der Waals surface area contributed by atoms with Crippen molar-refractivity contribution in [2.75, 3.05) is 26.4 Å². The lowest BCUT2D eigenvalue weighted by molar-refractivity contribution is -0.147. The first-order valence-corrected chi connectivity index (χ1v) is 14.2. The van der Waals surface area contributed by atoms with Gasteiger partial charge in [0.2, 0.25) is 0 Å². The quantitative estimate of drug-likeness (QED) is 0.0642. The highest BCUT2D eigenvalue weighted by molar-refractivity contribution is 7.47. The predicted octanol–water partition coefficient (Wildman–Crippen LogP) is 4.41. The molecule has 0 aromatic heterocycles. The number of esters is 1. The van der Waals surface area contributed by atoms with Gasteiger partial charge in [0.15, 0.2) is 0 Å². The molecule has 0 spiro atoms.